The highest BCUT2D eigenvalue weighted by Gasteiger charge is 2.04. The van der Waals surface area contributed by atoms with E-state index in [-0.39, 0.29) is 0 Å². The van der Waals surface area contributed by atoms with E-state index in [1.807, 2.05) is 12.1 Å². The molecule has 0 heterocycles. The van der Waals surface area contributed by atoms with Crippen LogP contribution in [0.5, 0.6) is 5.75 Å². The van der Waals surface area contributed by atoms with Gasteiger partial charge < -0.3 is 10.1 Å². The van der Waals surface area contributed by atoms with Crippen molar-refractivity contribution in [2.45, 2.75) is 40.2 Å². The third-order valence-electron chi connectivity index (χ3n) is 2.69. The van der Waals surface area contributed by atoms with E-state index in [4.69, 9.17) is 4.74 Å². The molecule has 0 aliphatic heterocycles. The zero-order chi connectivity index (χ0) is 13.4. The van der Waals surface area contributed by atoms with Crippen molar-refractivity contribution in [3.05, 3.63) is 41.5 Å². The molecule has 0 aromatic heterocycles. The topological polar surface area (TPSA) is 21.3 Å². The highest BCUT2D eigenvalue weighted by molar-refractivity contribution is 5.27. The summed E-state index contributed by atoms with van der Waals surface area (Å²) in [5.41, 5.74) is 2.58. The number of hydrogen-bond donors (Lipinski definition) is 1. The van der Waals surface area contributed by atoms with E-state index >= 15 is 0 Å². The Balaban J connectivity index is 2.41. The monoisotopic (exact) mass is 247 g/mol. The minimum absolute atomic E-state index is 0.407. The zero-order valence-electron chi connectivity index (χ0n) is 12.0. The first-order valence-corrected chi connectivity index (χ1v) is 6.69. The fraction of sp³-hybridized carbons (Fsp3) is 0.500. The van der Waals surface area contributed by atoms with Crippen molar-refractivity contribution in [3.8, 4) is 5.75 Å². The summed E-state index contributed by atoms with van der Waals surface area (Å²) in [5.74, 6) is 0.961. The molecule has 0 fully saturated rings. The molecule has 1 aromatic carbocycles. The first-order valence-electron chi connectivity index (χ1n) is 6.69. The molecule has 0 radical (unpaired) electrons. The van der Waals surface area contributed by atoms with Gasteiger partial charge in [-0.05, 0) is 45.0 Å². The number of nitrogens with one attached hydrogen (secondary N) is 1. The Labute approximate surface area is 111 Å². The number of benzene rings is 1. The Hall–Kier alpha value is -1.28. The second kappa shape index (κ2) is 7.93. The molecular weight excluding hydrogens is 222 g/mol. The second-order valence-corrected chi connectivity index (χ2v) is 4.86. The Morgan fingerprint density at radius 2 is 2.17 bits per heavy atom. The number of ether oxygens (including phenoxy) is 1. The molecule has 0 saturated carbocycles. The van der Waals surface area contributed by atoms with Gasteiger partial charge in [0.1, 0.15) is 5.75 Å². The van der Waals surface area contributed by atoms with E-state index in [2.05, 4.69) is 51.2 Å². The number of allylic oxidation sites excluding steroid dienone is 1. The number of likely N-dealkylation sites (N-methyl/N-ethyl adjacent to an activating group) is 1. The molecule has 0 spiro atoms. The Bertz CT molecular complexity index is 380. The SMILES string of the molecule is CCNC(C=C(C)C)CCOc1cccc(C)c1. The van der Waals surface area contributed by atoms with Crippen molar-refractivity contribution in [3.63, 3.8) is 0 Å². The molecule has 0 bridgehead atoms. The summed E-state index contributed by atoms with van der Waals surface area (Å²) in [6, 6.07) is 8.60. The molecule has 0 aliphatic carbocycles. The zero-order valence-corrected chi connectivity index (χ0v) is 12.0. The summed E-state index contributed by atoms with van der Waals surface area (Å²) in [5, 5.41) is 3.46. The lowest BCUT2D eigenvalue weighted by Gasteiger charge is -2.15. The van der Waals surface area contributed by atoms with Crippen molar-refractivity contribution < 1.29 is 4.74 Å². The Morgan fingerprint density at radius 1 is 1.39 bits per heavy atom. The lowest BCUT2D eigenvalue weighted by atomic mass is 10.1. The molecule has 1 aromatic rings. The van der Waals surface area contributed by atoms with E-state index < -0.39 is 0 Å². The largest absolute Gasteiger partial charge is 0.494 e. The summed E-state index contributed by atoms with van der Waals surface area (Å²) < 4.78 is 5.78. The van der Waals surface area contributed by atoms with E-state index in [0.29, 0.717) is 6.04 Å². The van der Waals surface area contributed by atoms with Gasteiger partial charge in [0.15, 0.2) is 0 Å². The molecule has 2 heteroatoms. The predicted molar refractivity (Wildman–Crippen MR) is 78.2 cm³/mol. The highest BCUT2D eigenvalue weighted by atomic mass is 16.5. The van der Waals surface area contributed by atoms with Gasteiger partial charge in [0.2, 0.25) is 0 Å². The normalized spacial score (nSPS) is 12.0. The molecule has 1 N–H and O–H groups in total. The first kappa shape index (κ1) is 14.8. The maximum atomic E-state index is 5.78. The van der Waals surface area contributed by atoms with Gasteiger partial charge in [-0.25, -0.2) is 0 Å². The highest BCUT2D eigenvalue weighted by Crippen LogP contribution is 2.13. The quantitative estimate of drug-likeness (QED) is 0.742. The van der Waals surface area contributed by atoms with Crippen LogP contribution in [0.4, 0.5) is 0 Å². The molecule has 2 nitrogen and oxygen atoms in total. The van der Waals surface area contributed by atoms with Gasteiger partial charge in [-0.15, -0.1) is 0 Å². The molecule has 1 atom stereocenters. The van der Waals surface area contributed by atoms with Gasteiger partial charge in [-0.2, -0.15) is 0 Å². The second-order valence-electron chi connectivity index (χ2n) is 4.86. The summed E-state index contributed by atoms with van der Waals surface area (Å²) >= 11 is 0. The molecule has 1 rings (SSSR count). The molecule has 0 amide bonds. The predicted octanol–water partition coefficient (Wildman–Crippen LogP) is 3.71. The van der Waals surface area contributed by atoms with Gasteiger partial charge >= 0.3 is 0 Å². The molecule has 1 unspecified atom stereocenters. The van der Waals surface area contributed by atoms with Crippen LogP contribution in [0.2, 0.25) is 0 Å². The summed E-state index contributed by atoms with van der Waals surface area (Å²) in [6.45, 7) is 10.2. The first-order chi connectivity index (χ1) is 8.61. The summed E-state index contributed by atoms with van der Waals surface area (Å²) in [4.78, 5) is 0. The lowest BCUT2D eigenvalue weighted by molar-refractivity contribution is 0.297. The molecular formula is C16H25NO. The number of aryl methyl sites for hydroxylation is 1. The van der Waals surface area contributed by atoms with Crippen molar-refractivity contribution in [2.24, 2.45) is 0 Å². The number of hydrogen-bond acceptors (Lipinski definition) is 2. The molecule has 0 aliphatic rings. The van der Waals surface area contributed by atoms with Crippen LogP contribution in [0.25, 0.3) is 0 Å². The standard InChI is InChI=1S/C16H25NO/c1-5-17-15(11-13(2)3)9-10-18-16-8-6-7-14(4)12-16/h6-8,11-12,15,17H,5,9-10H2,1-4H3. The van der Waals surface area contributed by atoms with Crippen LogP contribution in [-0.4, -0.2) is 19.2 Å². The Kier molecular flexibility index (Phi) is 6.51. The van der Waals surface area contributed by atoms with Gasteiger partial charge in [-0.3, -0.25) is 0 Å². The van der Waals surface area contributed by atoms with E-state index in [1.54, 1.807) is 0 Å². The van der Waals surface area contributed by atoms with Gasteiger partial charge in [0.05, 0.1) is 6.61 Å². The summed E-state index contributed by atoms with van der Waals surface area (Å²) in [6.07, 6.45) is 3.26. The molecule has 100 valence electrons. The van der Waals surface area contributed by atoms with Crippen LogP contribution < -0.4 is 10.1 Å². The molecule has 18 heavy (non-hydrogen) atoms. The van der Waals surface area contributed by atoms with Crippen molar-refractivity contribution in [2.75, 3.05) is 13.2 Å². The van der Waals surface area contributed by atoms with Crippen LogP contribution in [0.3, 0.4) is 0 Å². The summed E-state index contributed by atoms with van der Waals surface area (Å²) in [7, 11) is 0. The minimum atomic E-state index is 0.407. The fourth-order valence-electron chi connectivity index (χ4n) is 1.92. The minimum Gasteiger partial charge on any atom is -0.494 e. The van der Waals surface area contributed by atoms with E-state index in [0.717, 1.165) is 25.3 Å². The van der Waals surface area contributed by atoms with Crippen molar-refractivity contribution >= 4 is 0 Å². The maximum absolute atomic E-state index is 5.78. The third kappa shape index (κ3) is 5.87. The van der Waals surface area contributed by atoms with Crippen LogP contribution >= 0.6 is 0 Å². The van der Waals surface area contributed by atoms with E-state index in [1.165, 1.54) is 11.1 Å². The molecule has 0 saturated heterocycles. The van der Waals surface area contributed by atoms with Crippen LogP contribution in [0.15, 0.2) is 35.9 Å². The average molecular weight is 247 g/mol. The van der Waals surface area contributed by atoms with Gasteiger partial charge in [0, 0.05) is 12.5 Å². The van der Waals surface area contributed by atoms with Crippen molar-refractivity contribution in [1.82, 2.24) is 5.32 Å². The number of rotatable bonds is 7. The van der Waals surface area contributed by atoms with Crippen molar-refractivity contribution in [1.29, 1.82) is 0 Å². The Morgan fingerprint density at radius 3 is 2.78 bits per heavy atom. The van der Waals surface area contributed by atoms with Gasteiger partial charge in [0.25, 0.3) is 0 Å². The van der Waals surface area contributed by atoms with Crippen LogP contribution in [0, 0.1) is 6.92 Å². The van der Waals surface area contributed by atoms with Crippen LogP contribution in [0.1, 0.15) is 32.8 Å². The van der Waals surface area contributed by atoms with E-state index in [9.17, 15) is 0 Å². The third-order valence-corrected chi connectivity index (χ3v) is 2.69. The maximum Gasteiger partial charge on any atom is 0.119 e. The van der Waals surface area contributed by atoms with Gasteiger partial charge in [-0.1, -0.05) is 30.7 Å². The fourth-order valence-corrected chi connectivity index (χ4v) is 1.92. The van der Waals surface area contributed by atoms with Crippen LogP contribution in [-0.2, 0) is 0 Å². The average Bonchev–Trinajstić information content (AvgIpc) is 2.28. The smallest absolute Gasteiger partial charge is 0.119 e. The lowest BCUT2D eigenvalue weighted by Crippen LogP contribution is -2.28.